The van der Waals surface area contributed by atoms with Crippen molar-refractivity contribution in [2.24, 2.45) is 11.5 Å². The minimum atomic E-state index is -0.518. The van der Waals surface area contributed by atoms with E-state index in [1.54, 1.807) is 12.1 Å². The van der Waals surface area contributed by atoms with E-state index in [0.29, 0.717) is 23.7 Å². The fourth-order valence-corrected chi connectivity index (χ4v) is 1.89. The monoisotopic (exact) mass is 241 g/mol. The van der Waals surface area contributed by atoms with Gasteiger partial charge in [0.05, 0.1) is 16.3 Å². The van der Waals surface area contributed by atoms with Gasteiger partial charge in [-0.3, -0.25) is 4.79 Å². The first-order valence-electron chi connectivity index (χ1n) is 5.15. The number of amides is 1. The van der Waals surface area contributed by atoms with Gasteiger partial charge < -0.3 is 16.4 Å². The van der Waals surface area contributed by atoms with E-state index >= 15 is 0 Å². The summed E-state index contributed by atoms with van der Waals surface area (Å²) in [6.45, 7) is 3.91. The first kappa shape index (κ1) is 12.8. The largest absolute Gasteiger partial charge is 0.370 e. The molecule has 1 aromatic carbocycles. The van der Waals surface area contributed by atoms with Crippen LogP contribution in [0.1, 0.15) is 17.3 Å². The Morgan fingerprint density at radius 1 is 1.50 bits per heavy atom. The summed E-state index contributed by atoms with van der Waals surface area (Å²) in [4.78, 5) is 13.3. The van der Waals surface area contributed by atoms with Gasteiger partial charge in [-0.2, -0.15) is 0 Å². The molecule has 0 atom stereocenters. The molecular weight excluding hydrogens is 226 g/mol. The lowest BCUT2D eigenvalue weighted by Crippen LogP contribution is -2.31. The lowest BCUT2D eigenvalue weighted by molar-refractivity contribution is 0.100. The van der Waals surface area contributed by atoms with Crippen molar-refractivity contribution in [1.29, 1.82) is 0 Å². The Bertz CT molecular complexity index is 381. The Morgan fingerprint density at radius 2 is 2.19 bits per heavy atom. The standard InChI is InChI=1S/C11H16ClN3O/c1-2-15(7-6-13)9-5-3-4-8(12)10(9)11(14)16/h3-5H,2,6-7,13H2,1H3,(H2,14,16). The third kappa shape index (κ3) is 2.65. The zero-order valence-electron chi connectivity index (χ0n) is 9.24. The van der Waals surface area contributed by atoms with Crippen LogP contribution in [0, 0.1) is 0 Å². The highest BCUT2D eigenvalue weighted by atomic mass is 35.5. The molecule has 4 nitrogen and oxygen atoms in total. The Hall–Kier alpha value is -1.26. The summed E-state index contributed by atoms with van der Waals surface area (Å²) in [7, 11) is 0. The number of hydrogen-bond donors (Lipinski definition) is 2. The van der Waals surface area contributed by atoms with E-state index in [2.05, 4.69) is 0 Å². The zero-order chi connectivity index (χ0) is 12.1. The second-order valence-corrected chi connectivity index (χ2v) is 3.77. The van der Waals surface area contributed by atoms with Crippen molar-refractivity contribution in [2.45, 2.75) is 6.92 Å². The lowest BCUT2D eigenvalue weighted by Gasteiger charge is -2.24. The van der Waals surface area contributed by atoms with Crippen LogP contribution in [0.25, 0.3) is 0 Å². The van der Waals surface area contributed by atoms with E-state index in [-0.39, 0.29) is 0 Å². The smallest absolute Gasteiger partial charge is 0.252 e. The summed E-state index contributed by atoms with van der Waals surface area (Å²) in [6, 6.07) is 5.27. The van der Waals surface area contributed by atoms with Gasteiger partial charge >= 0.3 is 0 Å². The lowest BCUT2D eigenvalue weighted by atomic mass is 10.1. The summed E-state index contributed by atoms with van der Waals surface area (Å²) < 4.78 is 0. The van der Waals surface area contributed by atoms with Crippen LogP contribution in [0.4, 0.5) is 5.69 Å². The average molecular weight is 242 g/mol. The van der Waals surface area contributed by atoms with Crippen molar-refractivity contribution < 1.29 is 4.79 Å². The number of halogens is 1. The highest BCUT2D eigenvalue weighted by molar-refractivity contribution is 6.34. The Balaban J connectivity index is 3.20. The van der Waals surface area contributed by atoms with Gasteiger partial charge in [-0.1, -0.05) is 17.7 Å². The molecule has 0 saturated carbocycles. The minimum absolute atomic E-state index is 0.361. The van der Waals surface area contributed by atoms with Gasteiger partial charge in [-0.25, -0.2) is 0 Å². The summed E-state index contributed by atoms with van der Waals surface area (Å²) in [5, 5.41) is 0.375. The molecule has 0 radical (unpaired) electrons. The molecule has 0 aromatic heterocycles. The van der Waals surface area contributed by atoms with Crippen LogP contribution in [0.5, 0.6) is 0 Å². The molecule has 0 aliphatic rings. The highest BCUT2D eigenvalue weighted by Crippen LogP contribution is 2.26. The van der Waals surface area contributed by atoms with E-state index < -0.39 is 5.91 Å². The summed E-state index contributed by atoms with van der Waals surface area (Å²) in [5.74, 6) is -0.518. The van der Waals surface area contributed by atoms with Gasteiger partial charge in [-0.05, 0) is 19.1 Å². The number of hydrogen-bond acceptors (Lipinski definition) is 3. The molecule has 0 unspecified atom stereocenters. The summed E-state index contributed by atoms with van der Waals surface area (Å²) in [6.07, 6.45) is 0. The molecule has 1 rings (SSSR count). The molecule has 0 aliphatic heterocycles. The molecule has 0 spiro atoms. The predicted molar refractivity (Wildman–Crippen MR) is 66.9 cm³/mol. The third-order valence-electron chi connectivity index (χ3n) is 2.36. The Morgan fingerprint density at radius 3 is 2.69 bits per heavy atom. The van der Waals surface area contributed by atoms with Crippen molar-refractivity contribution in [1.82, 2.24) is 0 Å². The van der Waals surface area contributed by atoms with E-state index in [1.165, 1.54) is 0 Å². The fourth-order valence-electron chi connectivity index (χ4n) is 1.62. The van der Waals surface area contributed by atoms with Crippen molar-refractivity contribution in [3.63, 3.8) is 0 Å². The van der Waals surface area contributed by atoms with Crippen molar-refractivity contribution in [3.05, 3.63) is 28.8 Å². The second-order valence-electron chi connectivity index (χ2n) is 3.37. The number of nitrogens with two attached hydrogens (primary N) is 2. The molecule has 1 amide bonds. The first-order chi connectivity index (χ1) is 7.61. The number of nitrogens with zero attached hydrogens (tertiary/aromatic N) is 1. The molecule has 0 bridgehead atoms. The molecule has 5 heteroatoms. The maximum Gasteiger partial charge on any atom is 0.252 e. The number of primary amides is 1. The van der Waals surface area contributed by atoms with Crippen LogP contribution in [0.15, 0.2) is 18.2 Å². The quantitative estimate of drug-likeness (QED) is 0.814. The van der Waals surface area contributed by atoms with Crippen LogP contribution in [-0.4, -0.2) is 25.5 Å². The van der Waals surface area contributed by atoms with Gasteiger partial charge in [0.2, 0.25) is 0 Å². The number of benzene rings is 1. The van der Waals surface area contributed by atoms with Crippen molar-refractivity contribution in [3.8, 4) is 0 Å². The van der Waals surface area contributed by atoms with E-state index in [4.69, 9.17) is 23.1 Å². The Kier molecular flexibility index (Phi) is 4.58. The van der Waals surface area contributed by atoms with E-state index in [9.17, 15) is 4.79 Å². The van der Waals surface area contributed by atoms with Gasteiger partial charge in [0.1, 0.15) is 0 Å². The topological polar surface area (TPSA) is 72.3 Å². The molecular formula is C11H16ClN3O. The maximum absolute atomic E-state index is 11.3. The van der Waals surface area contributed by atoms with Gasteiger partial charge in [0, 0.05) is 19.6 Å². The Labute approximate surface area is 100 Å². The van der Waals surface area contributed by atoms with Gasteiger partial charge in [0.25, 0.3) is 5.91 Å². The number of rotatable bonds is 5. The summed E-state index contributed by atoms with van der Waals surface area (Å²) >= 11 is 5.97. The SMILES string of the molecule is CCN(CCN)c1cccc(Cl)c1C(N)=O. The number of carbonyl (C=O) groups excluding carboxylic acids is 1. The van der Waals surface area contributed by atoms with Crippen LogP contribution in [0.3, 0.4) is 0 Å². The zero-order valence-corrected chi connectivity index (χ0v) is 10.00. The van der Waals surface area contributed by atoms with Crippen LogP contribution in [-0.2, 0) is 0 Å². The molecule has 16 heavy (non-hydrogen) atoms. The molecule has 0 saturated heterocycles. The van der Waals surface area contributed by atoms with Crippen molar-refractivity contribution >= 4 is 23.2 Å². The predicted octanol–water partition coefficient (Wildman–Crippen LogP) is 1.22. The molecule has 1 aromatic rings. The molecule has 0 aliphatic carbocycles. The van der Waals surface area contributed by atoms with Gasteiger partial charge in [0.15, 0.2) is 0 Å². The molecule has 88 valence electrons. The highest BCUT2D eigenvalue weighted by Gasteiger charge is 2.16. The molecule has 0 fully saturated rings. The molecule has 0 heterocycles. The van der Waals surface area contributed by atoms with Gasteiger partial charge in [-0.15, -0.1) is 0 Å². The van der Waals surface area contributed by atoms with Crippen LogP contribution < -0.4 is 16.4 Å². The minimum Gasteiger partial charge on any atom is -0.370 e. The number of likely N-dealkylation sites (N-methyl/N-ethyl adjacent to an activating group) is 1. The average Bonchev–Trinajstić information content (AvgIpc) is 2.25. The van der Waals surface area contributed by atoms with E-state index in [1.807, 2.05) is 17.9 Å². The number of carbonyl (C=O) groups is 1. The van der Waals surface area contributed by atoms with Crippen LogP contribution in [0.2, 0.25) is 5.02 Å². The van der Waals surface area contributed by atoms with Crippen LogP contribution >= 0.6 is 11.6 Å². The number of anilines is 1. The molecule has 4 N–H and O–H groups in total. The second kappa shape index (κ2) is 5.72. The maximum atomic E-state index is 11.3. The third-order valence-corrected chi connectivity index (χ3v) is 2.67. The van der Waals surface area contributed by atoms with E-state index in [0.717, 1.165) is 12.2 Å². The first-order valence-corrected chi connectivity index (χ1v) is 5.53. The normalized spacial score (nSPS) is 10.2. The summed E-state index contributed by atoms with van der Waals surface area (Å²) in [5.41, 5.74) is 11.9. The fraction of sp³-hybridized carbons (Fsp3) is 0.364. The van der Waals surface area contributed by atoms with Crippen molar-refractivity contribution in [2.75, 3.05) is 24.5 Å².